The van der Waals surface area contributed by atoms with E-state index in [4.69, 9.17) is 0 Å². The molecule has 7 nitrogen and oxygen atoms in total. The van der Waals surface area contributed by atoms with Crippen LogP contribution in [0.2, 0.25) is 0 Å². The van der Waals surface area contributed by atoms with Crippen molar-refractivity contribution in [2.24, 2.45) is 0 Å². The van der Waals surface area contributed by atoms with Crippen molar-refractivity contribution in [3.8, 4) is 0 Å². The van der Waals surface area contributed by atoms with Gasteiger partial charge in [-0.25, -0.2) is 9.59 Å². The minimum absolute atomic E-state index is 0.0295. The first kappa shape index (κ1) is 17.3. The molecule has 21 heavy (non-hydrogen) atoms. The Morgan fingerprint density at radius 1 is 1.24 bits per heavy atom. The van der Waals surface area contributed by atoms with Crippen LogP contribution in [0.25, 0.3) is 0 Å². The second-order valence-corrected chi connectivity index (χ2v) is 5.53. The maximum absolute atomic E-state index is 12.6. The summed E-state index contributed by atoms with van der Waals surface area (Å²) < 4.78 is 0. The molecule has 0 bridgehead atoms. The summed E-state index contributed by atoms with van der Waals surface area (Å²) in [6.45, 7) is 4.32. The van der Waals surface area contributed by atoms with Crippen LogP contribution in [0.15, 0.2) is 0 Å². The van der Waals surface area contributed by atoms with Gasteiger partial charge in [-0.2, -0.15) is 0 Å². The summed E-state index contributed by atoms with van der Waals surface area (Å²) in [7, 11) is 3.26. The fraction of sp³-hybridized carbons (Fsp3) is 0.786. The zero-order valence-corrected chi connectivity index (χ0v) is 13.3. The first-order valence-corrected chi connectivity index (χ1v) is 7.30. The maximum atomic E-state index is 12.6. The summed E-state index contributed by atoms with van der Waals surface area (Å²) in [4.78, 5) is 40.3. The molecule has 0 spiro atoms. The quantitative estimate of drug-likeness (QED) is 0.816. The lowest BCUT2D eigenvalue weighted by Crippen LogP contribution is -2.57. The molecule has 0 saturated carbocycles. The lowest BCUT2D eigenvalue weighted by molar-refractivity contribution is -0.148. The van der Waals surface area contributed by atoms with Gasteiger partial charge in [0.05, 0.1) is 0 Å². The molecule has 0 aliphatic carbocycles. The Bertz CT molecular complexity index is 424. The van der Waals surface area contributed by atoms with Gasteiger partial charge in [0.25, 0.3) is 0 Å². The molecular formula is C14H25N3O4. The predicted molar refractivity (Wildman–Crippen MR) is 77.9 cm³/mol. The second kappa shape index (κ2) is 6.78. The van der Waals surface area contributed by atoms with Crippen molar-refractivity contribution in [2.75, 3.05) is 33.7 Å². The minimum Gasteiger partial charge on any atom is -0.479 e. The molecule has 0 aromatic rings. The van der Waals surface area contributed by atoms with Gasteiger partial charge in [0.15, 0.2) is 0 Å². The van der Waals surface area contributed by atoms with Gasteiger partial charge in [-0.1, -0.05) is 6.92 Å². The highest BCUT2D eigenvalue weighted by Crippen LogP contribution is 2.33. The van der Waals surface area contributed by atoms with Crippen LogP contribution in [-0.2, 0) is 9.59 Å². The molecule has 1 aliphatic heterocycles. The monoisotopic (exact) mass is 299 g/mol. The molecule has 1 fully saturated rings. The zero-order valence-electron chi connectivity index (χ0n) is 13.3. The fourth-order valence-corrected chi connectivity index (χ4v) is 2.69. The number of carbonyl (C=O) groups excluding carboxylic acids is 2. The highest BCUT2D eigenvalue weighted by atomic mass is 16.4. The molecular weight excluding hydrogens is 274 g/mol. The number of carbonyl (C=O) groups is 3. The normalized spacial score (nSPS) is 21.2. The van der Waals surface area contributed by atoms with Crippen LogP contribution in [0, 0.1) is 0 Å². The first-order valence-electron chi connectivity index (χ1n) is 7.30. The third-order valence-corrected chi connectivity index (χ3v) is 4.18. The predicted octanol–water partition coefficient (Wildman–Crippen LogP) is 0.846. The second-order valence-electron chi connectivity index (χ2n) is 5.53. The summed E-state index contributed by atoms with van der Waals surface area (Å²) in [6.07, 6.45) is 1.50. The zero-order chi connectivity index (χ0) is 16.2. The number of hydrogen-bond acceptors (Lipinski definition) is 3. The van der Waals surface area contributed by atoms with E-state index in [1.165, 1.54) is 14.7 Å². The Kier molecular flexibility index (Phi) is 5.57. The molecule has 7 heteroatoms. The van der Waals surface area contributed by atoms with Crippen molar-refractivity contribution in [1.29, 1.82) is 0 Å². The van der Waals surface area contributed by atoms with Crippen molar-refractivity contribution >= 4 is 17.9 Å². The van der Waals surface area contributed by atoms with E-state index in [2.05, 4.69) is 0 Å². The SMILES string of the molecule is CCN(CC(=O)N(C)C)C(=O)N1CCCC1(CC)C(=O)O. The molecule has 1 saturated heterocycles. The summed E-state index contributed by atoms with van der Waals surface area (Å²) >= 11 is 0. The van der Waals surface area contributed by atoms with E-state index < -0.39 is 11.5 Å². The van der Waals surface area contributed by atoms with E-state index in [9.17, 15) is 19.5 Å². The number of carboxylic acid groups (broad SMARTS) is 1. The van der Waals surface area contributed by atoms with Crippen molar-refractivity contribution < 1.29 is 19.5 Å². The summed E-state index contributed by atoms with van der Waals surface area (Å²) in [5, 5.41) is 9.52. The lowest BCUT2D eigenvalue weighted by atomic mass is 9.93. The molecule has 0 aromatic heterocycles. The molecule has 1 atom stereocenters. The van der Waals surface area contributed by atoms with Crippen LogP contribution >= 0.6 is 0 Å². The van der Waals surface area contributed by atoms with Crippen molar-refractivity contribution in [3.05, 3.63) is 0 Å². The smallest absolute Gasteiger partial charge is 0.329 e. The summed E-state index contributed by atoms with van der Waals surface area (Å²) in [5.74, 6) is -1.15. The average molecular weight is 299 g/mol. The number of urea groups is 1. The molecule has 120 valence electrons. The van der Waals surface area contributed by atoms with Gasteiger partial charge in [0.1, 0.15) is 12.1 Å². The number of aliphatic carboxylic acids is 1. The fourth-order valence-electron chi connectivity index (χ4n) is 2.69. The number of likely N-dealkylation sites (tertiary alicyclic amines) is 1. The van der Waals surface area contributed by atoms with E-state index in [-0.39, 0.29) is 18.5 Å². The Morgan fingerprint density at radius 3 is 2.29 bits per heavy atom. The summed E-state index contributed by atoms with van der Waals surface area (Å²) in [5.41, 5.74) is -1.13. The van der Waals surface area contributed by atoms with Gasteiger partial charge in [-0.3, -0.25) is 4.79 Å². The van der Waals surface area contributed by atoms with Gasteiger partial charge in [-0.15, -0.1) is 0 Å². The summed E-state index contributed by atoms with van der Waals surface area (Å²) in [6, 6.07) is -0.366. The Balaban J connectivity index is 2.93. The average Bonchev–Trinajstić information content (AvgIpc) is 2.88. The number of rotatable bonds is 5. The Labute approximate surface area is 125 Å². The molecule has 0 radical (unpaired) electrons. The maximum Gasteiger partial charge on any atom is 0.329 e. The molecule has 0 aromatic carbocycles. The molecule has 3 amide bonds. The Morgan fingerprint density at radius 2 is 1.86 bits per heavy atom. The van der Waals surface area contributed by atoms with Crippen molar-refractivity contribution in [1.82, 2.24) is 14.7 Å². The van der Waals surface area contributed by atoms with E-state index in [0.29, 0.717) is 32.4 Å². The number of carboxylic acids is 1. The van der Waals surface area contributed by atoms with E-state index in [0.717, 1.165) is 0 Å². The van der Waals surface area contributed by atoms with Crippen LogP contribution in [0.4, 0.5) is 4.79 Å². The molecule has 1 aliphatic rings. The number of amides is 3. The van der Waals surface area contributed by atoms with E-state index >= 15 is 0 Å². The van der Waals surface area contributed by atoms with Crippen LogP contribution in [0.1, 0.15) is 33.1 Å². The van der Waals surface area contributed by atoms with Crippen molar-refractivity contribution in [2.45, 2.75) is 38.6 Å². The van der Waals surface area contributed by atoms with Gasteiger partial charge in [-0.05, 0) is 26.2 Å². The number of hydrogen-bond donors (Lipinski definition) is 1. The molecule has 1 unspecified atom stereocenters. The standard InChI is InChI=1S/C14H25N3O4/c1-5-14(12(19)20)8-7-9-17(14)13(21)16(6-2)10-11(18)15(3)4/h5-10H2,1-4H3,(H,19,20). The van der Waals surface area contributed by atoms with Crippen LogP contribution in [0.5, 0.6) is 0 Å². The van der Waals surface area contributed by atoms with E-state index in [1.807, 2.05) is 0 Å². The first-order chi connectivity index (χ1) is 9.80. The van der Waals surface area contributed by atoms with Gasteiger partial charge >= 0.3 is 12.0 Å². The van der Waals surface area contributed by atoms with Crippen LogP contribution in [-0.4, -0.2) is 77.0 Å². The highest BCUT2D eigenvalue weighted by molar-refractivity contribution is 5.89. The topological polar surface area (TPSA) is 81.2 Å². The Hall–Kier alpha value is -1.79. The largest absolute Gasteiger partial charge is 0.479 e. The number of likely N-dealkylation sites (N-methyl/N-ethyl adjacent to an activating group) is 2. The molecule has 1 N–H and O–H groups in total. The third-order valence-electron chi connectivity index (χ3n) is 4.18. The van der Waals surface area contributed by atoms with Crippen LogP contribution in [0.3, 0.4) is 0 Å². The molecule has 1 heterocycles. The van der Waals surface area contributed by atoms with Gasteiger partial charge < -0.3 is 19.8 Å². The van der Waals surface area contributed by atoms with Crippen LogP contribution < -0.4 is 0 Å². The highest BCUT2D eigenvalue weighted by Gasteiger charge is 2.49. The third kappa shape index (κ3) is 3.28. The van der Waals surface area contributed by atoms with E-state index in [1.54, 1.807) is 27.9 Å². The lowest BCUT2D eigenvalue weighted by Gasteiger charge is -2.37. The van der Waals surface area contributed by atoms with Crippen molar-refractivity contribution in [3.63, 3.8) is 0 Å². The minimum atomic E-state index is -1.13. The molecule has 1 rings (SSSR count). The van der Waals surface area contributed by atoms with Gasteiger partial charge in [0, 0.05) is 27.2 Å². The number of nitrogens with zero attached hydrogens (tertiary/aromatic N) is 3. The van der Waals surface area contributed by atoms with Gasteiger partial charge in [0.2, 0.25) is 5.91 Å².